The molecular weight excluding hydrogens is 464 g/mol. The molecule has 0 radical (unpaired) electrons. The number of aromatic amines is 1. The van der Waals surface area contributed by atoms with Crippen LogP contribution in [0.5, 0.6) is 11.5 Å². The average molecular weight is 491 g/mol. The second-order valence-electron chi connectivity index (χ2n) is 8.73. The zero-order valence-electron chi connectivity index (χ0n) is 19.5. The summed E-state index contributed by atoms with van der Waals surface area (Å²) < 4.78 is 11.5. The number of carbonyl (C=O) groups is 1. The van der Waals surface area contributed by atoms with Crippen molar-refractivity contribution in [1.29, 1.82) is 0 Å². The third-order valence-corrected chi connectivity index (χ3v) is 6.55. The fourth-order valence-corrected chi connectivity index (χ4v) is 4.74. The molecule has 2 heterocycles. The van der Waals surface area contributed by atoms with Gasteiger partial charge in [-0.3, -0.25) is 4.90 Å². The van der Waals surface area contributed by atoms with Crippen molar-refractivity contribution in [1.82, 2.24) is 9.88 Å². The van der Waals surface area contributed by atoms with Gasteiger partial charge in [-0.25, -0.2) is 4.79 Å². The molecule has 0 fully saturated rings. The van der Waals surface area contributed by atoms with Crippen LogP contribution in [-0.2, 0) is 6.42 Å². The normalized spacial score (nSPS) is 15.2. The Balaban J connectivity index is 1.51. The van der Waals surface area contributed by atoms with E-state index in [0.29, 0.717) is 36.8 Å². The Kier molecular flexibility index (Phi) is 6.66. The van der Waals surface area contributed by atoms with Crippen molar-refractivity contribution in [3.05, 3.63) is 94.1 Å². The van der Waals surface area contributed by atoms with Crippen molar-refractivity contribution in [3.63, 3.8) is 0 Å². The lowest BCUT2D eigenvalue weighted by atomic mass is 9.92. The number of nitrogens with one attached hydrogen (secondary N) is 1. The molecule has 1 aromatic heterocycles. The van der Waals surface area contributed by atoms with E-state index in [1.807, 2.05) is 61.5 Å². The molecule has 35 heavy (non-hydrogen) atoms. The zero-order chi connectivity index (χ0) is 24.4. The van der Waals surface area contributed by atoms with Crippen LogP contribution in [0.15, 0.2) is 66.7 Å². The van der Waals surface area contributed by atoms with Crippen LogP contribution in [0.25, 0.3) is 10.9 Å². The van der Waals surface area contributed by atoms with Gasteiger partial charge in [0, 0.05) is 41.2 Å². The number of aliphatic hydroxyl groups is 1. The Morgan fingerprint density at radius 3 is 2.57 bits per heavy atom. The number of fused-ring (bicyclic) bond motifs is 3. The monoisotopic (exact) mass is 490 g/mol. The Morgan fingerprint density at radius 1 is 1.09 bits per heavy atom. The van der Waals surface area contributed by atoms with Crippen molar-refractivity contribution in [2.45, 2.75) is 25.8 Å². The molecule has 0 spiro atoms. The predicted molar refractivity (Wildman–Crippen MR) is 136 cm³/mol. The van der Waals surface area contributed by atoms with E-state index in [2.05, 4.69) is 4.98 Å². The molecule has 5 rings (SSSR count). The van der Waals surface area contributed by atoms with Crippen molar-refractivity contribution >= 4 is 28.6 Å². The number of aliphatic hydroxyl groups excluding tert-OH is 1. The van der Waals surface area contributed by atoms with Crippen LogP contribution < -0.4 is 9.47 Å². The number of nitrogens with zero attached hydrogens (tertiary/aromatic N) is 1. The summed E-state index contributed by atoms with van der Waals surface area (Å²) in [6.45, 7) is 3.04. The van der Waals surface area contributed by atoms with Gasteiger partial charge in [-0.2, -0.15) is 0 Å². The van der Waals surface area contributed by atoms with E-state index >= 15 is 0 Å². The van der Waals surface area contributed by atoms with Crippen LogP contribution in [0.4, 0.5) is 4.79 Å². The highest BCUT2D eigenvalue weighted by Crippen LogP contribution is 2.40. The summed E-state index contributed by atoms with van der Waals surface area (Å²) >= 11 is 6.29. The predicted octanol–water partition coefficient (Wildman–Crippen LogP) is 6.04. The molecule has 1 unspecified atom stereocenters. The van der Waals surface area contributed by atoms with E-state index in [1.54, 1.807) is 17.0 Å². The quantitative estimate of drug-likeness (QED) is 0.323. The van der Waals surface area contributed by atoms with Crippen molar-refractivity contribution < 1.29 is 19.4 Å². The van der Waals surface area contributed by atoms with E-state index in [0.717, 1.165) is 39.0 Å². The molecule has 0 saturated heterocycles. The number of halogens is 1. The number of H-pyrrole nitrogens is 1. The summed E-state index contributed by atoms with van der Waals surface area (Å²) in [5, 5.41) is 10.7. The number of carbonyl (C=O) groups excluding carboxylic acids is 1. The number of hydrogen-bond acceptors (Lipinski definition) is 4. The van der Waals surface area contributed by atoms with Crippen LogP contribution in [0.3, 0.4) is 0 Å². The molecule has 1 aliphatic heterocycles. The first-order chi connectivity index (χ1) is 17.0. The minimum atomic E-state index is -0.399. The lowest BCUT2D eigenvalue weighted by Gasteiger charge is -2.35. The van der Waals surface area contributed by atoms with E-state index < -0.39 is 6.09 Å². The Morgan fingerprint density at radius 2 is 1.83 bits per heavy atom. The van der Waals surface area contributed by atoms with Gasteiger partial charge in [0.05, 0.1) is 6.61 Å². The summed E-state index contributed by atoms with van der Waals surface area (Å²) in [4.78, 5) is 18.7. The largest absolute Gasteiger partial charge is 0.494 e. The topological polar surface area (TPSA) is 74.8 Å². The maximum Gasteiger partial charge on any atom is 0.416 e. The Bertz CT molecular complexity index is 1330. The third-order valence-electron chi connectivity index (χ3n) is 6.32. The van der Waals surface area contributed by atoms with E-state index in [9.17, 15) is 4.79 Å². The van der Waals surface area contributed by atoms with Gasteiger partial charge in [-0.15, -0.1) is 0 Å². The summed E-state index contributed by atoms with van der Waals surface area (Å²) in [5.74, 6) is 1.23. The van der Waals surface area contributed by atoms with Gasteiger partial charge in [0.1, 0.15) is 17.5 Å². The standard InChI is InChI=1S/C28H27ClN2O4/c1-18-3-8-22(9-4-18)35-28(33)31-14-13-23-24-17-20(29)7-12-25(24)30-26(23)27(31)19-5-10-21(11-6-19)34-16-2-15-32/h3-12,17,27,30,32H,2,13-16H2,1H3. The molecule has 180 valence electrons. The number of ether oxygens (including phenoxy) is 2. The van der Waals surface area contributed by atoms with Gasteiger partial charge >= 0.3 is 6.09 Å². The van der Waals surface area contributed by atoms with Crippen LogP contribution in [0, 0.1) is 6.92 Å². The molecule has 4 aromatic rings. The maximum absolute atomic E-state index is 13.4. The molecule has 0 aliphatic carbocycles. The average Bonchev–Trinajstić information content (AvgIpc) is 3.23. The van der Waals surface area contributed by atoms with Crippen molar-refractivity contribution in [2.75, 3.05) is 19.8 Å². The number of rotatable bonds is 6. The van der Waals surface area contributed by atoms with Crippen molar-refractivity contribution in [2.24, 2.45) is 0 Å². The smallest absolute Gasteiger partial charge is 0.416 e. The van der Waals surface area contributed by atoms with E-state index in [4.69, 9.17) is 26.2 Å². The highest BCUT2D eigenvalue weighted by Gasteiger charge is 2.35. The summed E-state index contributed by atoms with van der Waals surface area (Å²) in [5.41, 5.74) is 5.16. The van der Waals surface area contributed by atoms with Gasteiger partial charge in [-0.1, -0.05) is 41.4 Å². The second-order valence-corrected chi connectivity index (χ2v) is 9.17. The molecule has 2 N–H and O–H groups in total. The number of aryl methyl sites for hydroxylation is 1. The first kappa shape index (κ1) is 23.3. The Labute approximate surface area is 209 Å². The molecule has 1 atom stereocenters. The molecule has 1 amide bonds. The van der Waals surface area contributed by atoms with Gasteiger partial charge in [0.25, 0.3) is 0 Å². The van der Waals surface area contributed by atoms with Crippen LogP contribution >= 0.6 is 11.6 Å². The SMILES string of the molecule is Cc1ccc(OC(=O)N2CCc3c([nH]c4ccc(Cl)cc34)C2c2ccc(OCCCO)cc2)cc1. The van der Waals surface area contributed by atoms with Crippen molar-refractivity contribution in [3.8, 4) is 11.5 Å². The maximum atomic E-state index is 13.4. The second kappa shape index (κ2) is 10.0. The fourth-order valence-electron chi connectivity index (χ4n) is 4.57. The summed E-state index contributed by atoms with van der Waals surface area (Å²) in [6, 6.07) is 20.6. The third kappa shape index (κ3) is 4.85. The minimum Gasteiger partial charge on any atom is -0.494 e. The van der Waals surface area contributed by atoms with Crippen LogP contribution in [0.1, 0.15) is 34.8 Å². The van der Waals surface area contributed by atoms with Crippen LogP contribution in [0.2, 0.25) is 5.02 Å². The zero-order valence-corrected chi connectivity index (χ0v) is 20.2. The summed E-state index contributed by atoms with van der Waals surface area (Å²) in [7, 11) is 0. The molecule has 3 aromatic carbocycles. The molecule has 6 nitrogen and oxygen atoms in total. The highest BCUT2D eigenvalue weighted by atomic mass is 35.5. The highest BCUT2D eigenvalue weighted by molar-refractivity contribution is 6.31. The van der Waals surface area contributed by atoms with E-state index in [1.165, 1.54) is 0 Å². The van der Waals surface area contributed by atoms with Gasteiger partial charge in [0.2, 0.25) is 0 Å². The van der Waals surface area contributed by atoms with Crippen LogP contribution in [-0.4, -0.2) is 40.8 Å². The molecule has 0 saturated carbocycles. The van der Waals surface area contributed by atoms with Gasteiger partial charge < -0.3 is 19.6 Å². The Hall–Kier alpha value is -3.48. The molecule has 0 bridgehead atoms. The minimum absolute atomic E-state index is 0.0887. The number of amides is 1. The lowest BCUT2D eigenvalue weighted by molar-refractivity contribution is 0.135. The van der Waals surface area contributed by atoms with Gasteiger partial charge in [0.15, 0.2) is 0 Å². The first-order valence-corrected chi connectivity index (χ1v) is 12.1. The van der Waals surface area contributed by atoms with Gasteiger partial charge in [-0.05, 0) is 66.9 Å². The molecular formula is C28H27ClN2O4. The molecule has 7 heteroatoms. The molecule has 1 aliphatic rings. The first-order valence-electron chi connectivity index (χ1n) is 11.7. The fraction of sp³-hybridized carbons (Fsp3) is 0.250. The number of hydrogen-bond donors (Lipinski definition) is 2. The number of benzene rings is 3. The van der Waals surface area contributed by atoms with E-state index in [-0.39, 0.29) is 12.6 Å². The number of aromatic nitrogens is 1. The lowest BCUT2D eigenvalue weighted by Crippen LogP contribution is -2.42. The summed E-state index contributed by atoms with van der Waals surface area (Å²) in [6.07, 6.45) is 0.867.